The molecule has 86 valence electrons. The number of para-hydroxylation sites is 1. The summed E-state index contributed by atoms with van der Waals surface area (Å²) in [6, 6.07) is 13.4. The maximum Gasteiger partial charge on any atom is 0.175 e. The minimum Gasteiger partial charge on any atom is -0.457 e. The van der Waals surface area contributed by atoms with E-state index in [1.165, 1.54) is 0 Å². The quantitative estimate of drug-likeness (QED) is 0.623. The summed E-state index contributed by atoms with van der Waals surface area (Å²) in [5.41, 5.74) is 2.71. The molecule has 3 heteroatoms. The zero-order chi connectivity index (χ0) is 12.0. The number of benzene rings is 2. The van der Waals surface area contributed by atoms with E-state index in [9.17, 15) is 0 Å². The first-order valence-electron chi connectivity index (χ1n) is 5.35. The highest BCUT2D eigenvalue weighted by molar-refractivity contribution is 6.50. The molecule has 1 nitrogen and oxygen atoms in total. The average Bonchev–Trinajstić information content (AvgIpc) is 2.31. The number of hydrogen-bond donors (Lipinski definition) is 0. The Morgan fingerprint density at radius 3 is 2.47 bits per heavy atom. The number of alkyl halides is 2. The Balaban J connectivity index is 2.27. The van der Waals surface area contributed by atoms with Crippen molar-refractivity contribution >= 4 is 23.2 Å². The smallest absolute Gasteiger partial charge is 0.175 e. The van der Waals surface area contributed by atoms with Crippen molar-refractivity contribution in [3.63, 3.8) is 0 Å². The molecule has 0 fully saturated rings. The third-order valence-electron chi connectivity index (χ3n) is 2.92. The van der Waals surface area contributed by atoms with E-state index in [0.717, 1.165) is 22.4 Å². The molecule has 0 unspecified atom stereocenters. The highest BCUT2D eigenvalue weighted by Crippen LogP contribution is 2.53. The summed E-state index contributed by atoms with van der Waals surface area (Å²) in [6.45, 7) is 2.00. The van der Waals surface area contributed by atoms with Crippen LogP contribution in [0.15, 0.2) is 42.5 Å². The van der Waals surface area contributed by atoms with Crippen molar-refractivity contribution in [2.75, 3.05) is 0 Å². The van der Waals surface area contributed by atoms with E-state index in [0.29, 0.717) is 5.75 Å². The van der Waals surface area contributed by atoms with Gasteiger partial charge in [0.05, 0.1) is 0 Å². The van der Waals surface area contributed by atoms with Crippen molar-refractivity contribution in [2.45, 2.75) is 11.3 Å². The van der Waals surface area contributed by atoms with E-state index in [1.54, 1.807) is 0 Å². The average molecular weight is 265 g/mol. The van der Waals surface area contributed by atoms with Gasteiger partial charge in [-0.1, -0.05) is 53.0 Å². The van der Waals surface area contributed by atoms with E-state index in [-0.39, 0.29) is 0 Å². The van der Waals surface area contributed by atoms with Gasteiger partial charge in [0, 0.05) is 11.1 Å². The number of halogens is 2. The summed E-state index contributed by atoms with van der Waals surface area (Å²) in [6.07, 6.45) is 0. The van der Waals surface area contributed by atoms with Crippen molar-refractivity contribution in [3.8, 4) is 11.5 Å². The molecular formula is C14H10Cl2O. The van der Waals surface area contributed by atoms with Gasteiger partial charge < -0.3 is 4.74 Å². The van der Waals surface area contributed by atoms with Gasteiger partial charge in [0.1, 0.15) is 11.5 Å². The van der Waals surface area contributed by atoms with Crippen LogP contribution in [0.4, 0.5) is 0 Å². The van der Waals surface area contributed by atoms with Gasteiger partial charge in [-0.05, 0) is 25.1 Å². The molecule has 1 aliphatic heterocycles. The molecule has 1 aliphatic rings. The fourth-order valence-corrected chi connectivity index (χ4v) is 2.66. The normalized spacial score (nSPS) is 15.7. The van der Waals surface area contributed by atoms with Gasteiger partial charge in [-0.15, -0.1) is 0 Å². The van der Waals surface area contributed by atoms with Crippen LogP contribution in [0.2, 0.25) is 0 Å². The third-order valence-corrected chi connectivity index (χ3v) is 3.73. The molecule has 0 saturated heterocycles. The van der Waals surface area contributed by atoms with E-state index in [1.807, 2.05) is 49.4 Å². The van der Waals surface area contributed by atoms with Gasteiger partial charge in [0.15, 0.2) is 4.33 Å². The molecule has 0 radical (unpaired) electrons. The first kappa shape index (κ1) is 10.9. The zero-order valence-corrected chi connectivity index (χ0v) is 10.7. The largest absolute Gasteiger partial charge is 0.457 e. The standard InChI is InChI=1S/C14H10Cl2O/c1-9-6-7-13-11(8-9)14(15,16)10-4-2-3-5-12(10)17-13/h2-8H,1H3. The molecule has 0 atom stereocenters. The summed E-state index contributed by atoms with van der Waals surface area (Å²) in [5, 5.41) is 0. The van der Waals surface area contributed by atoms with Gasteiger partial charge in [0.25, 0.3) is 0 Å². The molecule has 0 saturated carbocycles. The Hall–Kier alpha value is -1.18. The SMILES string of the molecule is Cc1ccc2c(c1)C(Cl)(Cl)c1ccccc1O2. The summed E-state index contributed by atoms with van der Waals surface area (Å²) < 4.78 is 4.75. The number of rotatable bonds is 0. The molecule has 1 heterocycles. The number of fused-ring (bicyclic) bond motifs is 2. The van der Waals surface area contributed by atoms with Crippen LogP contribution in [-0.4, -0.2) is 0 Å². The van der Waals surface area contributed by atoms with E-state index >= 15 is 0 Å². The minimum atomic E-state index is -1.05. The van der Waals surface area contributed by atoms with Gasteiger partial charge in [-0.25, -0.2) is 0 Å². The Morgan fingerprint density at radius 1 is 0.941 bits per heavy atom. The monoisotopic (exact) mass is 264 g/mol. The van der Waals surface area contributed by atoms with Crippen LogP contribution >= 0.6 is 23.2 Å². The predicted molar refractivity (Wildman–Crippen MR) is 70.2 cm³/mol. The molecule has 0 amide bonds. The van der Waals surface area contributed by atoms with Crippen molar-refractivity contribution in [2.24, 2.45) is 0 Å². The Bertz CT molecular complexity index is 591. The topological polar surface area (TPSA) is 9.23 Å². The highest BCUT2D eigenvalue weighted by Gasteiger charge is 2.38. The van der Waals surface area contributed by atoms with E-state index in [2.05, 4.69) is 0 Å². The van der Waals surface area contributed by atoms with Crippen molar-refractivity contribution < 1.29 is 4.74 Å². The van der Waals surface area contributed by atoms with Crippen LogP contribution in [0.25, 0.3) is 0 Å². The van der Waals surface area contributed by atoms with E-state index < -0.39 is 4.33 Å². The number of aryl methyl sites for hydroxylation is 1. The fraction of sp³-hybridized carbons (Fsp3) is 0.143. The second-order valence-corrected chi connectivity index (χ2v) is 5.50. The Kier molecular flexibility index (Phi) is 2.35. The lowest BCUT2D eigenvalue weighted by atomic mass is 9.98. The molecule has 0 spiro atoms. The summed E-state index contributed by atoms with van der Waals surface area (Å²) in [7, 11) is 0. The summed E-state index contributed by atoms with van der Waals surface area (Å²) in [4.78, 5) is 0. The molecule has 17 heavy (non-hydrogen) atoms. The van der Waals surface area contributed by atoms with Gasteiger partial charge >= 0.3 is 0 Å². The van der Waals surface area contributed by atoms with Crippen molar-refractivity contribution in [1.82, 2.24) is 0 Å². The van der Waals surface area contributed by atoms with Crippen LogP contribution < -0.4 is 4.74 Å². The van der Waals surface area contributed by atoms with E-state index in [4.69, 9.17) is 27.9 Å². The second kappa shape index (κ2) is 3.66. The summed E-state index contributed by atoms with van der Waals surface area (Å²) in [5.74, 6) is 1.44. The van der Waals surface area contributed by atoms with Crippen molar-refractivity contribution in [3.05, 3.63) is 59.2 Å². The molecule has 0 aromatic heterocycles. The number of ether oxygens (including phenoxy) is 1. The van der Waals surface area contributed by atoms with Gasteiger partial charge in [0.2, 0.25) is 0 Å². The molecule has 3 rings (SSSR count). The molecule has 2 aromatic rings. The first-order valence-corrected chi connectivity index (χ1v) is 6.11. The lowest BCUT2D eigenvalue weighted by molar-refractivity contribution is 0.453. The minimum absolute atomic E-state index is 0.717. The highest BCUT2D eigenvalue weighted by atomic mass is 35.5. The molecule has 0 aliphatic carbocycles. The van der Waals surface area contributed by atoms with Crippen LogP contribution in [0, 0.1) is 6.92 Å². The lowest BCUT2D eigenvalue weighted by Gasteiger charge is -2.30. The fourth-order valence-electron chi connectivity index (χ4n) is 2.06. The van der Waals surface area contributed by atoms with Crippen LogP contribution in [0.3, 0.4) is 0 Å². The first-order chi connectivity index (χ1) is 8.09. The lowest BCUT2D eigenvalue weighted by Crippen LogP contribution is -2.19. The second-order valence-electron chi connectivity index (χ2n) is 4.17. The predicted octanol–water partition coefficient (Wildman–Crippen LogP) is 4.78. The maximum atomic E-state index is 6.49. The van der Waals surface area contributed by atoms with Crippen molar-refractivity contribution in [1.29, 1.82) is 0 Å². The number of hydrogen-bond acceptors (Lipinski definition) is 1. The molecule has 0 bridgehead atoms. The van der Waals surface area contributed by atoms with Gasteiger partial charge in [-0.3, -0.25) is 0 Å². The zero-order valence-electron chi connectivity index (χ0n) is 9.21. The molecule has 2 aromatic carbocycles. The van der Waals surface area contributed by atoms with Crippen LogP contribution in [0.5, 0.6) is 11.5 Å². The van der Waals surface area contributed by atoms with Crippen LogP contribution in [0.1, 0.15) is 16.7 Å². The Labute approximate surface area is 110 Å². The molecular weight excluding hydrogens is 255 g/mol. The third kappa shape index (κ3) is 1.62. The Morgan fingerprint density at radius 2 is 1.65 bits per heavy atom. The maximum absolute atomic E-state index is 6.49. The molecule has 0 N–H and O–H groups in total. The summed E-state index contributed by atoms with van der Waals surface area (Å²) >= 11 is 13.0. The van der Waals surface area contributed by atoms with Crippen LogP contribution in [-0.2, 0) is 4.33 Å². The van der Waals surface area contributed by atoms with Gasteiger partial charge in [-0.2, -0.15) is 0 Å².